The molecule has 0 bridgehead atoms. The monoisotopic (exact) mass is 275 g/mol. The Morgan fingerprint density at radius 3 is 2.90 bits per heavy atom. The zero-order valence-corrected chi connectivity index (χ0v) is 10.9. The van der Waals surface area contributed by atoms with Gasteiger partial charge in [-0.25, -0.2) is 4.79 Å². The third kappa shape index (κ3) is 2.22. The average molecular weight is 275 g/mol. The lowest BCUT2D eigenvalue weighted by Crippen LogP contribution is -2.28. The van der Waals surface area contributed by atoms with E-state index in [1.807, 2.05) is 0 Å². The van der Waals surface area contributed by atoms with Crippen LogP contribution in [0.5, 0.6) is 0 Å². The van der Waals surface area contributed by atoms with Gasteiger partial charge in [0.1, 0.15) is 5.56 Å². The van der Waals surface area contributed by atoms with Crippen LogP contribution < -0.4 is 5.56 Å². The van der Waals surface area contributed by atoms with Gasteiger partial charge in [0.05, 0.1) is 6.54 Å². The van der Waals surface area contributed by atoms with Crippen molar-refractivity contribution in [3.8, 4) is 0 Å². The number of rotatable bonds is 4. The minimum atomic E-state index is -1.24. The van der Waals surface area contributed by atoms with Gasteiger partial charge in [0, 0.05) is 11.6 Å². The lowest BCUT2D eigenvalue weighted by molar-refractivity contribution is 0.0694. The van der Waals surface area contributed by atoms with Gasteiger partial charge in [-0.05, 0) is 31.9 Å². The Hall–Kier alpha value is -2.44. The smallest absolute Gasteiger partial charge is 0.341 e. The molecule has 2 heterocycles. The number of carbonyl (C=O) groups is 1. The van der Waals surface area contributed by atoms with Gasteiger partial charge in [-0.1, -0.05) is 5.16 Å². The van der Waals surface area contributed by atoms with Crippen LogP contribution in [0, 0.1) is 6.92 Å². The number of pyridine rings is 1. The van der Waals surface area contributed by atoms with E-state index in [1.165, 1.54) is 10.6 Å². The maximum Gasteiger partial charge on any atom is 0.341 e. The Balaban J connectivity index is 1.94. The number of aryl methyl sites for hydroxylation is 1. The molecule has 2 aromatic rings. The van der Waals surface area contributed by atoms with E-state index in [-0.39, 0.29) is 12.1 Å². The molecule has 3 rings (SSSR count). The van der Waals surface area contributed by atoms with Crippen LogP contribution in [-0.4, -0.2) is 25.8 Å². The zero-order chi connectivity index (χ0) is 14.3. The molecular weight excluding hydrogens is 262 g/mol. The second-order valence-corrected chi connectivity index (χ2v) is 4.91. The molecule has 20 heavy (non-hydrogen) atoms. The fourth-order valence-electron chi connectivity index (χ4n) is 2.00. The third-order valence-electron chi connectivity index (χ3n) is 3.33. The van der Waals surface area contributed by atoms with E-state index < -0.39 is 11.5 Å². The van der Waals surface area contributed by atoms with Crippen LogP contribution in [0.15, 0.2) is 21.5 Å². The lowest BCUT2D eigenvalue weighted by atomic mass is 10.2. The van der Waals surface area contributed by atoms with Crippen LogP contribution in [0.25, 0.3) is 0 Å². The van der Waals surface area contributed by atoms with Crippen molar-refractivity contribution < 1.29 is 14.4 Å². The van der Waals surface area contributed by atoms with E-state index in [9.17, 15) is 9.59 Å². The van der Waals surface area contributed by atoms with Crippen molar-refractivity contribution in [1.29, 1.82) is 0 Å². The molecule has 0 aliphatic heterocycles. The minimum Gasteiger partial charge on any atom is -0.477 e. The Labute approximate surface area is 113 Å². The Morgan fingerprint density at radius 2 is 2.25 bits per heavy atom. The number of aromatic carboxylic acids is 1. The number of carboxylic acids is 1. The van der Waals surface area contributed by atoms with Crippen molar-refractivity contribution in [1.82, 2.24) is 14.7 Å². The standard InChI is InChI=1S/C13H13N3O4/c1-7-2-5-9(13(18)19)12(17)16(7)6-10-14-11(20-15-10)8-3-4-8/h2,5,8H,3-4,6H2,1H3,(H,18,19). The molecular formula is C13H13N3O4. The van der Waals surface area contributed by atoms with Crippen LogP contribution in [0.4, 0.5) is 0 Å². The van der Waals surface area contributed by atoms with Gasteiger partial charge in [-0.15, -0.1) is 0 Å². The largest absolute Gasteiger partial charge is 0.477 e. The second kappa shape index (κ2) is 4.59. The molecule has 1 fully saturated rings. The van der Waals surface area contributed by atoms with Gasteiger partial charge in [-0.3, -0.25) is 4.79 Å². The van der Waals surface area contributed by atoms with E-state index in [2.05, 4.69) is 10.1 Å². The first-order valence-corrected chi connectivity index (χ1v) is 6.32. The summed E-state index contributed by atoms with van der Waals surface area (Å²) in [4.78, 5) is 27.3. The van der Waals surface area contributed by atoms with Crippen molar-refractivity contribution in [2.75, 3.05) is 0 Å². The van der Waals surface area contributed by atoms with Gasteiger partial charge in [0.25, 0.3) is 5.56 Å². The Bertz CT molecular complexity index is 727. The van der Waals surface area contributed by atoms with Crippen LogP contribution in [0.2, 0.25) is 0 Å². The minimum absolute atomic E-state index is 0.113. The van der Waals surface area contributed by atoms with Crippen molar-refractivity contribution in [2.45, 2.75) is 32.2 Å². The maximum absolute atomic E-state index is 12.1. The van der Waals surface area contributed by atoms with Crippen LogP contribution in [-0.2, 0) is 6.54 Å². The normalized spacial score (nSPS) is 14.4. The van der Waals surface area contributed by atoms with Crippen molar-refractivity contribution in [3.05, 3.63) is 45.5 Å². The predicted octanol–water partition coefficient (Wildman–Crippen LogP) is 1.16. The fourth-order valence-corrected chi connectivity index (χ4v) is 2.00. The number of aromatic nitrogens is 3. The molecule has 1 aliphatic carbocycles. The number of hydrogen-bond donors (Lipinski definition) is 1. The first-order valence-electron chi connectivity index (χ1n) is 6.32. The van der Waals surface area contributed by atoms with E-state index in [4.69, 9.17) is 9.63 Å². The maximum atomic E-state index is 12.1. The molecule has 7 heteroatoms. The molecule has 2 aromatic heterocycles. The van der Waals surface area contributed by atoms with Gasteiger partial charge in [0.15, 0.2) is 5.82 Å². The topological polar surface area (TPSA) is 98.2 Å². The van der Waals surface area contributed by atoms with E-state index in [1.54, 1.807) is 13.0 Å². The number of nitrogens with zero attached hydrogens (tertiary/aromatic N) is 3. The fraction of sp³-hybridized carbons (Fsp3) is 0.385. The summed E-state index contributed by atoms with van der Waals surface area (Å²) in [7, 11) is 0. The Morgan fingerprint density at radius 1 is 1.50 bits per heavy atom. The molecule has 0 radical (unpaired) electrons. The quantitative estimate of drug-likeness (QED) is 0.899. The summed E-state index contributed by atoms with van der Waals surface area (Å²) in [5, 5.41) is 12.8. The van der Waals surface area contributed by atoms with Gasteiger partial charge >= 0.3 is 5.97 Å². The first kappa shape index (κ1) is 12.6. The highest BCUT2D eigenvalue weighted by Crippen LogP contribution is 2.38. The SMILES string of the molecule is Cc1ccc(C(=O)O)c(=O)n1Cc1noc(C2CC2)n1. The summed E-state index contributed by atoms with van der Waals surface area (Å²) in [6.07, 6.45) is 2.10. The van der Waals surface area contributed by atoms with E-state index >= 15 is 0 Å². The first-order chi connectivity index (χ1) is 9.56. The van der Waals surface area contributed by atoms with Crippen LogP contribution in [0.1, 0.15) is 46.5 Å². The highest BCUT2D eigenvalue weighted by atomic mass is 16.5. The molecule has 0 unspecified atom stereocenters. The summed E-state index contributed by atoms with van der Waals surface area (Å²) in [6, 6.07) is 2.90. The molecule has 1 aliphatic rings. The van der Waals surface area contributed by atoms with E-state index in [0.717, 1.165) is 12.8 Å². The highest BCUT2D eigenvalue weighted by molar-refractivity contribution is 5.87. The summed E-state index contributed by atoms with van der Waals surface area (Å²) in [5.74, 6) is 0.0923. The highest BCUT2D eigenvalue weighted by Gasteiger charge is 2.29. The zero-order valence-electron chi connectivity index (χ0n) is 10.9. The molecule has 0 spiro atoms. The van der Waals surface area contributed by atoms with Gasteiger partial charge in [0.2, 0.25) is 5.89 Å². The number of hydrogen-bond acceptors (Lipinski definition) is 5. The number of carboxylic acid groups (broad SMARTS) is 1. The third-order valence-corrected chi connectivity index (χ3v) is 3.33. The molecule has 0 aromatic carbocycles. The summed E-state index contributed by atoms with van der Waals surface area (Å²) >= 11 is 0. The molecule has 7 nitrogen and oxygen atoms in total. The van der Waals surface area contributed by atoms with Crippen LogP contribution in [0.3, 0.4) is 0 Å². The van der Waals surface area contributed by atoms with Crippen LogP contribution >= 0.6 is 0 Å². The second-order valence-electron chi connectivity index (χ2n) is 4.91. The van der Waals surface area contributed by atoms with Gasteiger partial charge in [-0.2, -0.15) is 4.98 Å². The molecule has 0 saturated heterocycles. The van der Waals surface area contributed by atoms with Crippen molar-refractivity contribution in [2.24, 2.45) is 0 Å². The molecule has 0 amide bonds. The van der Waals surface area contributed by atoms with Gasteiger partial charge < -0.3 is 14.2 Å². The summed E-state index contributed by atoms with van der Waals surface area (Å²) < 4.78 is 6.46. The Kier molecular flexibility index (Phi) is 2.89. The van der Waals surface area contributed by atoms with E-state index in [0.29, 0.717) is 23.3 Å². The summed E-state index contributed by atoms with van der Waals surface area (Å²) in [5.41, 5.74) is -0.172. The molecule has 104 valence electrons. The molecule has 0 atom stereocenters. The molecule has 1 saturated carbocycles. The predicted molar refractivity (Wildman–Crippen MR) is 67.8 cm³/mol. The summed E-state index contributed by atoms with van der Waals surface area (Å²) in [6.45, 7) is 1.84. The molecule has 1 N–H and O–H groups in total. The lowest BCUT2D eigenvalue weighted by Gasteiger charge is -2.07. The van der Waals surface area contributed by atoms with Crippen molar-refractivity contribution in [3.63, 3.8) is 0 Å². The van der Waals surface area contributed by atoms with Crippen molar-refractivity contribution >= 4 is 5.97 Å². The average Bonchev–Trinajstić information content (AvgIpc) is 3.14.